The predicted molar refractivity (Wildman–Crippen MR) is 72.3 cm³/mol. The summed E-state index contributed by atoms with van der Waals surface area (Å²) in [7, 11) is -2.84. The number of amidine groups is 1. The highest BCUT2D eigenvalue weighted by molar-refractivity contribution is 7.89. The van der Waals surface area contributed by atoms with Gasteiger partial charge in [0.05, 0.1) is 16.3 Å². The molecule has 0 bridgehead atoms. The summed E-state index contributed by atoms with van der Waals surface area (Å²) in [6.45, 7) is 1.47. The van der Waals surface area contributed by atoms with Crippen molar-refractivity contribution in [3.05, 3.63) is 29.8 Å². The minimum atomic E-state index is -4.61. The number of halogens is 3. The molecule has 0 aliphatic heterocycles. The summed E-state index contributed by atoms with van der Waals surface area (Å²) in [4.78, 5) is -0.449. The van der Waals surface area contributed by atoms with Gasteiger partial charge in [-0.2, -0.15) is 13.2 Å². The number of sulfonamides is 1. The third-order valence-electron chi connectivity index (χ3n) is 2.93. The van der Waals surface area contributed by atoms with Gasteiger partial charge in [0.25, 0.3) is 0 Å². The van der Waals surface area contributed by atoms with Crippen molar-refractivity contribution in [1.29, 1.82) is 5.41 Å². The fourth-order valence-electron chi connectivity index (χ4n) is 1.59. The molecule has 0 fully saturated rings. The lowest BCUT2D eigenvalue weighted by Crippen LogP contribution is -2.36. The van der Waals surface area contributed by atoms with Crippen LogP contribution in [-0.2, 0) is 16.2 Å². The third kappa shape index (κ3) is 4.18. The van der Waals surface area contributed by atoms with E-state index < -0.39 is 32.6 Å². The van der Waals surface area contributed by atoms with Crippen LogP contribution in [0.1, 0.15) is 12.5 Å². The lowest BCUT2D eigenvalue weighted by molar-refractivity contribution is -0.137. The highest BCUT2D eigenvalue weighted by atomic mass is 32.2. The maximum atomic E-state index is 12.6. The highest BCUT2D eigenvalue weighted by Crippen LogP contribution is 2.31. The molecule has 5 nitrogen and oxygen atoms in total. The Balaban J connectivity index is 3.11. The zero-order valence-corrected chi connectivity index (χ0v) is 12.3. The minimum Gasteiger partial charge on any atom is -0.387 e. The predicted octanol–water partition coefficient (Wildman–Crippen LogP) is 1.90. The molecule has 0 spiro atoms. The second-order valence-electron chi connectivity index (χ2n) is 4.67. The quantitative estimate of drug-likeness (QED) is 0.641. The highest BCUT2D eigenvalue weighted by Gasteiger charge is 2.32. The lowest BCUT2D eigenvalue weighted by Gasteiger charge is -2.21. The second-order valence-corrected chi connectivity index (χ2v) is 6.71. The Hall–Kier alpha value is -1.61. The van der Waals surface area contributed by atoms with Crippen molar-refractivity contribution in [2.75, 3.05) is 13.6 Å². The largest absolute Gasteiger partial charge is 0.416 e. The van der Waals surface area contributed by atoms with Crippen LogP contribution in [0.3, 0.4) is 0 Å². The van der Waals surface area contributed by atoms with Gasteiger partial charge in [-0.1, -0.05) is 13.0 Å². The molecular weight excluding hydrogens is 307 g/mol. The van der Waals surface area contributed by atoms with Gasteiger partial charge >= 0.3 is 6.18 Å². The van der Waals surface area contributed by atoms with E-state index in [0.29, 0.717) is 6.07 Å². The van der Waals surface area contributed by atoms with Crippen molar-refractivity contribution in [3.63, 3.8) is 0 Å². The van der Waals surface area contributed by atoms with Crippen molar-refractivity contribution >= 4 is 15.9 Å². The number of hydrogen-bond donors (Lipinski definition) is 2. The fourth-order valence-corrected chi connectivity index (χ4v) is 2.90. The second kappa shape index (κ2) is 6.02. The van der Waals surface area contributed by atoms with Crippen LogP contribution in [0.25, 0.3) is 0 Å². The van der Waals surface area contributed by atoms with Gasteiger partial charge in [-0.15, -0.1) is 0 Å². The van der Waals surface area contributed by atoms with Gasteiger partial charge in [-0.25, -0.2) is 12.7 Å². The van der Waals surface area contributed by atoms with E-state index in [0.717, 1.165) is 22.5 Å². The van der Waals surface area contributed by atoms with Gasteiger partial charge in [0.1, 0.15) is 0 Å². The normalized spacial score (nSPS) is 14.2. The van der Waals surface area contributed by atoms with Crippen molar-refractivity contribution in [2.45, 2.75) is 18.0 Å². The first-order chi connectivity index (χ1) is 9.46. The maximum Gasteiger partial charge on any atom is 0.416 e. The van der Waals surface area contributed by atoms with Crippen LogP contribution in [0.4, 0.5) is 13.2 Å². The zero-order chi connectivity index (χ0) is 16.4. The topological polar surface area (TPSA) is 87.2 Å². The van der Waals surface area contributed by atoms with E-state index in [9.17, 15) is 21.6 Å². The molecule has 118 valence electrons. The first-order valence-electron chi connectivity index (χ1n) is 5.93. The molecule has 0 aromatic heterocycles. The van der Waals surface area contributed by atoms with Crippen LogP contribution in [0, 0.1) is 11.3 Å². The Morgan fingerprint density at radius 3 is 2.48 bits per heavy atom. The van der Waals surface area contributed by atoms with E-state index in [-0.39, 0.29) is 12.4 Å². The van der Waals surface area contributed by atoms with Gasteiger partial charge in [0.2, 0.25) is 10.0 Å². The zero-order valence-electron chi connectivity index (χ0n) is 11.5. The molecule has 0 aliphatic rings. The van der Waals surface area contributed by atoms with Crippen molar-refractivity contribution in [2.24, 2.45) is 11.7 Å². The molecular formula is C12H16F3N3O2S. The van der Waals surface area contributed by atoms with E-state index in [1.165, 1.54) is 7.05 Å². The van der Waals surface area contributed by atoms with E-state index >= 15 is 0 Å². The van der Waals surface area contributed by atoms with Crippen LogP contribution in [-0.4, -0.2) is 32.2 Å². The Morgan fingerprint density at radius 2 is 2.00 bits per heavy atom. The average Bonchev–Trinajstić information content (AvgIpc) is 2.37. The monoisotopic (exact) mass is 323 g/mol. The van der Waals surface area contributed by atoms with Gasteiger partial charge in [-0.05, 0) is 18.2 Å². The number of alkyl halides is 3. The molecule has 0 aliphatic carbocycles. The number of nitrogens with two attached hydrogens (primary N) is 1. The van der Waals surface area contributed by atoms with Gasteiger partial charge in [-0.3, -0.25) is 5.41 Å². The Bertz CT molecular complexity index is 629. The Morgan fingerprint density at radius 1 is 1.43 bits per heavy atom. The summed E-state index contributed by atoms with van der Waals surface area (Å²) in [5.41, 5.74) is 4.23. The van der Waals surface area contributed by atoms with Crippen molar-refractivity contribution in [3.8, 4) is 0 Å². The van der Waals surface area contributed by atoms with Crippen molar-refractivity contribution in [1.82, 2.24) is 4.31 Å². The number of rotatable bonds is 5. The molecule has 9 heteroatoms. The first kappa shape index (κ1) is 17.4. The molecule has 1 atom stereocenters. The molecule has 0 radical (unpaired) electrons. The van der Waals surface area contributed by atoms with E-state index in [4.69, 9.17) is 11.1 Å². The molecule has 21 heavy (non-hydrogen) atoms. The molecule has 3 N–H and O–H groups in total. The van der Waals surface area contributed by atoms with E-state index in [1.54, 1.807) is 6.92 Å². The smallest absolute Gasteiger partial charge is 0.387 e. The van der Waals surface area contributed by atoms with E-state index in [1.807, 2.05) is 0 Å². The number of nitrogens with zero attached hydrogens (tertiary/aromatic N) is 1. The van der Waals surface area contributed by atoms with Gasteiger partial charge in [0, 0.05) is 19.5 Å². The summed E-state index contributed by atoms with van der Waals surface area (Å²) in [6.07, 6.45) is -4.61. The molecule has 0 saturated carbocycles. The molecule has 1 rings (SSSR count). The van der Waals surface area contributed by atoms with Gasteiger partial charge < -0.3 is 5.73 Å². The van der Waals surface area contributed by atoms with Gasteiger partial charge in [0.15, 0.2) is 0 Å². The summed E-state index contributed by atoms with van der Waals surface area (Å²) >= 11 is 0. The minimum absolute atomic E-state index is 0.0894. The van der Waals surface area contributed by atoms with Crippen LogP contribution in [0.2, 0.25) is 0 Å². The standard InChI is InChI=1S/C12H16F3N3O2S/c1-8(11(16)17)7-18(2)21(19,20)10-5-3-4-9(6-10)12(13,14)15/h3-6,8H,7H2,1-2H3,(H3,16,17). The van der Waals surface area contributed by atoms with Crippen LogP contribution < -0.4 is 5.73 Å². The molecule has 0 amide bonds. The molecule has 0 heterocycles. The Kier molecular flexibility index (Phi) is 5.00. The summed E-state index contributed by atoms with van der Waals surface area (Å²) < 4.78 is 63.2. The lowest BCUT2D eigenvalue weighted by atomic mass is 10.2. The van der Waals surface area contributed by atoms with E-state index in [2.05, 4.69) is 0 Å². The SMILES string of the molecule is CC(CN(C)S(=O)(=O)c1cccc(C(F)(F)F)c1)C(=N)N. The van der Waals surface area contributed by atoms with Crippen LogP contribution >= 0.6 is 0 Å². The van der Waals surface area contributed by atoms with Crippen LogP contribution in [0.5, 0.6) is 0 Å². The molecule has 0 saturated heterocycles. The number of nitrogens with one attached hydrogen (secondary N) is 1. The van der Waals surface area contributed by atoms with Crippen LogP contribution in [0.15, 0.2) is 29.2 Å². The number of hydrogen-bond acceptors (Lipinski definition) is 3. The maximum absolute atomic E-state index is 12.6. The molecule has 1 aromatic rings. The van der Waals surface area contributed by atoms with Crippen molar-refractivity contribution < 1.29 is 21.6 Å². The third-order valence-corrected chi connectivity index (χ3v) is 4.75. The molecule has 1 aromatic carbocycles. The Labute approximate surface area is 121 Å². The summed E-state index contributed by atoms with van der Waals surface area (Å²) in [5.74, 6) is -0.725. The molecule has 1 unspecified atom stereocenters. The summed E-state index contributed by atoms with van der Waals surface area (Å²) in [5, 5.41) is 7.23. The fraction of sp³-hybridized carbons (Fsp3) is 0.417. The summed E-state index contributed by atoms with van der Waals surface area (Å²) in [6, 6.07) is 3.53. The average molecular weight is 323 g/mol. The first-order valence-corrected chi connectivity index (χ1v) is 7.37. The number of benzene rings is 1.